The van der Waals surface area contributed by atoms with E-state index in [-0.39, 0.29) is 0 Å². The standard InChI is InChI=1S/C19H25N7O2S/c1-26(2)29(27,28)25-13-5-8-21-17(10-13)16-12-23-19-15(6-9-22-19)18(16)24-14-4-3-7-20-11-14/h5-6,8-10,12,14,20H,3-4,7,11H2,1-2H3,(H,21,25)(H2,22,23,24)/t14-/m1/s1. The predicted octanol–water partition coefficient (Wildman–Crippen LogP) is 2.01. The number of fused-ring (bicyclic) bond motifs is 1. The summed E-state index contributed by atoms with van der Waals surface area (Å²) in [6.45, 7) is 1.93. The molecule has 0 aromatic carbocycles. The highest BCUT2D eigenvalue weighted by atomic mass is 32.2. The second-order valence-electron chi connectivity index (χ2n) is 7.29. The smallest absolute Gasteiger partial charge is 0.301 e. The van der Waals surface area contributed by atoms with Gasteiger partial charge in [0.15, 0.2) is 0 Å². The number of aromatic nitrogens is 3. The zero-order chi connectivity index (χ0) is 20.4. The van der Waals surface area contributed by atoms with Gasteiger partial charge in [0.2, 0.25) is 0 Å². The van der Waals surface area contributed by atoms with E-state index in [4.69, 9.17) is 0 Å². The zero-order valence-electron chi connectivity index (χ0n) is 16.4. The first-order chi connectivity index (χ1) is 13.9. The Balaban J connectivity index is 1.73. The lowest BCUT2D eigenvalue weighted by molar-refractivity contribution is 0.480. The maximum Gasteiger partial charge on any atom is 0.301 e. The molecule has 3 aromatic heterocycles. The van der Waals surface area contributed by atoms with Crippen molar-refractivity contribution in [3.63, 3.8) is 0 Å². The van der Waals surface area contributed by atoms with Crippen LogP contribution >= 0.6 is 0 Å². The Hall–Kier alpha value is -2.69. The summed E-state index contributed by atoms with van der Waals surface area (Å²) in [5.41, 5.74) is 3.66. The van der Waals surface area contributed by atoms with Gasteiger partial charge >= 0.3 is 10.2 Å². The van der Waals surface area contributed by atoms with Crippen molar-refractivity contribution in [3.8, 4) is 11.3 Å². The minimum Gasteiger partial charge on any atom is -0.380 e. The number of piperidine rings is 1. The summed E-state index contributed by atoms with van der Waals surface area (Å²) >= 11 is 0. The van der Waals surface area contributed by atoms with Crippen molar-refractivity contribution in [1.29, 1.82) is 0 Å². The number of aromatic amines is 1. The molecule has 154 valence electrons. The normalized spacial score (nSPS) is 17.6. The minimum absolute atomic E-state index is 0.304. The Labute approximate surface area is 170 Å². The molecule has 1 aliphatic rings. The van der Waals surface area contributed by atoms with Gasteiger partial charge in [0.25, 0.3) is 0 Å². The fourth-order valence-corrected chi connectivity index (χ4v) is 4.03. The molecule has 0 spiro atoms. The molecule has 10 heteroatoms. The SMILES string of the molecule is CN(C)S(=O)(=O)Nc1ccnc(-c2cnc3[nH]ccc3c2N[C@@H]2CCCNC2)c1. The Morgan fingerprint density at radius 1 is 1.24 bits per heavy atom. The highest BCUT2D eigenvalue weighted by Gasteiger charge is 2.19. The molecule has 1 saturated heterocycles. The van der Waals surface area contributed by atoms with Gasteiger partial charge in [-0.1, -0.05) is 0 Å². The van der Waals surface area contributed by atoms with Crippen molar-refractivity contribution in [3.05, 3.63) is 36.8 Å². The van der Waals surface area contributed by atoms with Gasteiger partial charge in [0, 0.05) is 56.2 Å². The Morgan fingerprint density at radius 2 is 2.10 bits per heavy atom. The maximum absolute atomic E-state index is 12.2. The number of hydrogen-bond donors (Lipinski definition) is 4. The third kappa shape index (κ3) is 4.19. The van der Waals surface area contributed by atoms with Crippen molar-refractivity contribution >= 4 is 32.6 Å². The molecule has 3 aromatic rings. The molecular weight excluding hydrogens is 390 g/mol. The van der Waals surface area contributed by atoms with Crippen LogP contribution in [0.5, 0.6) is 0 Å². The summed E-state index contributed by atoms with van der Waals surface area (Å²) in [7, 11) is -0.637. The van der Waals surface area contributed by atoms with Gasteiger partial charge in [-0.15, -0.1) is 0 Å². The second-order valence-corrected chi connectivity index (χ2v) is 9.18. The first kappa shape index (κ1) is 19.6. The van der Waals surface area contributed by atoms with E-state index in [2.05, 4.69) is 30.3 Å². The summed E-state index contributed by atoms with van der Waals surface area (Å²) in [6, 6.07) is 5.65. The molecule has 29 heavy (non-hydrogen) atoms. The first-order valence-corrected chi connectivity index (χ1v) is 11.0. The van der Waals surface area contributed by atoms with E-state index in [1.807, 2.05) is 12.3 Å². The molecule has 0 amide bonds. The number of anilines is 2. The predicted molar refractivity (Wildman–Crippen MR) is 115 cm³/mol. The maximum atomic E-state index is 12.2. The van der Waals surface area contributed by atoms with E-state index < -0.39 is 10.2 Å². The highest BCUT2D eigenvalue weighted by Crippen LogP contribution is 2.34. The van der Waals surface area contributed by atoms with Crippen LogP contribution in [-0.4, -0.2) is 60.9 Å². The van der Waals surface area contributed by atoms with Gasteiger partial charge in [-0.2, -0.15) is 12.7 Å². The molecule has 4 heterocycles. The summed E-state index contributed by atoms with van der Waals surface area (Å²) in [5, 5.41) is 8.05. The molecule has 0 unspecified atom stereocenters. The summed E-state index contributed by atoms with van der Waals surface area (Å²) < 4.78 is 28.0. The number of H-pyrrole nitrogens is 1. The van der Waals surface area contributed by atoms with E-state index in [1.54, 1.807) is 24.5 Å². The van der Waals surface area contributed by atoms with Crippen LogP contribution < -0.4 is 15.4 Å². The van der Waals surface area contributed by atoms with Gasteiger partial charge < -0.3 is 15.6 Å². The van der Waals surface area contributed by atoms with E-state index in [0.29, 0.717) is 17.4 Å². The third-order valence-corrected chi connectivity index (χ3v) is 6.45. The number of rotatable bonds is 6. The van der Waals surface area contributed by atoms with Crippen molar-refractivity contribution in [2.45, 2.75) is 18.9 Å². The fraction of sp³-hybridized carbons (Fsp3) is 0.368. The average Bonchev–Trinajstić information content (AvgIpc) is 3.18. The third-order valence-electron chi connectivity index (χ3n) is 5.00. The van der Waals surface area contributed by atoms with Crippen LogP contribution in [0.3, 0.4) is 0 Å². The largest absolute Gasteiger partial charge is 0.380 e. The van der Waals surface area contributed by atoms with Crippen LogP contribution in [0.4, 0.5) is 11.4 Å². The topological polar surface area (TPSA) is 115 Å². The lowest BCUT2D eigenvalue weighted by atomic mass is 10.0. The Kier molecular flexibility index (Phi) is 5.39. The minimum atomic E-state index is -3.60. The zero-order valence-corrected chi connectivity index (χ0v) is 17.3. The van der Waals surface area contributed by atoms with E-state index in [1.165, 1.54) is 14.1 Å². The molecule has 1 fully saturated rings. The highest BCUT2D eigenvalue weighted by molar-refractivity contribution is 7.90. The molecule has 1 atom stereocenters. The molecule has 0 radical (unpaired) electrons. The molecule has 0 saturated carbocycles. The molecule has 4 rings (SSSR count). The van der Waals surface area contributed by atoms with E-state index >= 15 is 0 Å². The van der Waals surface area contributed by atoms with Crippen molar-refractivity contribution in [1.82, 2.24) is 24.6 Å². The van der Waals surface area contributed by atoms with Gasteiger partial charge in [0.05, 0.1) is 17.1 Å². The monoisotopic (exact) mass is 415 g/mol. The second kappa shape index (κ2) is 7.97. The number of hydrogen-bond acceptors (Lipinski definition) is 6. The van der Waals surface area contributed by atoms with Crippen molar-refractivity contribution in [2.75, 3.05) is 37.2 Å². The van der Waals surface area contributed by atoms with Crippen molar-refractivity contribution < 1.29 is 8.42 Å². The lowest BCUT2D eigenvalue weighted by Gasteiger charge is -2.26. The van der Waals surface area contributed by atoms with Crippen LogP contribution in [0.2, 0.25) is 0 Å². The number of nitrogens with one attached hydrogen (secondary N) is 4. The van der Waals surface area contributed by atoms with Crippen LogP contribution in [0, 0.1) is 0 Å². The van der Waals surface area contributed by atoms with Crippen LogP contribution in [0.1, 0.15) is 12.8 Å². The fourth-order valence-electron chi connectivity index (χ4n) is 3.42. The summed E-state index contributed by atoms with van der Waals surface area (Å²) in [4.78, 5) is 12.1. The van der Waals surface area contributed by atoms with Crippen LogP contribution in [-0.2, 0) is 10.2 Å². The Bertz CT molecular complexity index is 1100. The van der Waals surface area contributed by atoms with Crippen LogP contribution in [0.25, 0.3) is 22.3 Å². The molecule has 0 aliphatic carbocycles. The van der Waals surface area contributed by atoms with Gasteiger partial charge in [-0.3, -0.25) is 9.71 Å². The quantitative estimate of drug-likeness (QED) is 0.490. The first-order valence-electron chi connectivity index (χ1n) is 9.54. The van der Waals surface area contributed by atoms with E-state index in [9.17, 15) is 8.42 Å². The number of pyridine rings is 2. The molecule has 1 aliphatic heterocycles. The number of nitrogens with zero attached hydrogens (tertiary/aromatic N) is 3. The lowest BCUT2D eigenvalue weighted by Crippen LogP contribution is -2.38. The Morgan fingerprint density at radius 3 is 2.86 bits per heavy atom. The molecular formula is C19H25N7O2S. The van der Waals surface area contributed by atoms with Crippen LogP contribution in [0.15, 0.2) is 36.8 Å². The molecule has 0 bridgehead atoms. The van der Waals surface area contributed by atoms with Gasteiger partial charge in [-0.25, -0.2) is 4.98 Å². The molecule has 4 N–H and O–H groups in total. The van der Waals surface area contributed by atoms with Gasteiger partial charge in [-0.05, 0) is 37.6 Å². The summed E-state index contributed by atoms with van der Waals surface area (Å²) in [6.07, 6.45) is 7.42. The summed E-state index contributed by atoms with van der Waals surface area (Å²) in [5.74, 6) is 0. The van der Waals surface area contributed by atoms with Crippen molar-refractivity contribution in [2.24, 2.45) is 0 Å². The molecule has 9 nitrogen and oxygen atoms in total. The average molecular weight is 416 g/mol. The van der Waals surface area contributed by atoms with Gasteiger partial charge in [0.1, 0.15) is 5.65 Å². The van der Waals surface area contributed by atoms with E-state index in [0.717, 1.165) is 52.5 Å².